The fourth-order valence-corrected chi connectivity index (χ4v) is 1.79. The lowest BCUT2D eigenvalue weighted by atomic mass is 10.1. The van der Waals surface area contributed by atoms with Crippen LogP contribution in [0.4, 0.5) is 21.5 Å². The average Bonchev–Trinajstić information content (AvgIpc) is 2.40. The van der Waals surface area contributed by atoms with Crippen LogP contribution in [0, 0.1) is 15.9 Å². The van der Waals surface area contributed by atoms with Gasteiger partial charge in [0.15, 0.2) is 0 Å². The van der Waals surface area contributed by atoms with E-state index in [4.69, 9.17) is 16.7 Å². The van der Waals surface area contributed by atoms with E-state index in [1.807, 2.05) is 0 Å². The van der Waals surface area contributed by atoms with Crippen molar-refractivity contribution < 1.29 is 19.2 Å². The second-order valence-corrected chi connectivity index (χ2v) is 4.48. The van der Waals surface area contributed by atoms with Crippen LogP contribution in [0.2, 0.25) is 5.02 Å². The van der Waals surface area contributed by atoms with Crippen LogP contribution in [0.5, 0.6) is 0 Å². The van der Waals surface area contributed by atoms with Crippen LogP contribution in [-0.2, 0) is 0 Å². The molecule has 0 amide bonds. The monoisotopic (exact) mass is 310 g/mol. The molecule has 2 aromatic rings. The third kappa shape index (κ3) is 3.26. The number of aromatic carboxylic acids is 1. The van der Waals surface area contributed by atoms with Gasteiger partial charge in [-0.3, -0.25) is 10.1 Å². The zero-order chi connectivity index (χ0) is 15.6. The minimum absolute atomic E-state index is 0.148. The Hall–Kier alpha value is -2.67. The van der Waals surface area contributed by atoms with Gasteiger partial charge >= 0.3 is 5.97 Å². The van der Waals surface area contributed by atoms with Crippen molar-refractivity contribution in [3.63, 3.8) is 0 Å². The minimum Gasteiger partial charge on any atom is -0.478 e. The Labute approximate surface area is 122 Å². The van der Waals surface area contributed by atoms with Crippen LogP contribution in [-0.4, -0.2) is 16.0 Å². The number of carbonyl (C=O) groups is 1. The van der Waals surface area contributed by atoms with Crippen LogP contribution in [0.1, 0.15) is 10.4 Å². The second-order valence-electron chi connectivity index (χ2n) is 4.04. The maximum atomic E-state index is 13.6. The first-order valence-electron chi connectivity index (χ1n) is 5.62. The van der Waals surface area contributed by atoms with Crippen molar-refractivity contribution in [1.29, 1.82) is 0 Å². The maximum absolute atomic E-state index is 13.6. The summed E-state index contributed by atoms with van der Waals surface area (Å²) in [7, 11) is 0. The number of hydrogen-bond donors (Lipinski definition) is 2. The van der Waals surface area contributed by atoms with E-state index in [9.17, 15) is 19.3 Å². The highest BCUT2D eigenvalue weighted by atomic mass is 35.5. The van der Waals surface area contributed by atoms with E-state index in [1.54, 1.807) is 24.3 Å². The predicted molar refractivity (Wildman–Crippen MR) is 74.7 cm³/mol. The molecule has 6 nitrogen and oxygen atoms in total. The summed E-state index contributed by atoms with van der Waals surface area (Å²) in [5, 5.41) is 22.9. The van der Waals surface area contributed by atoms with Crippen LogP contribution < -0.4 is 5.32 Å². The number of anilines is 2. The summed E-state index contributed by atoms with van der Waals surface area (Å²) in [6.45, 7) is 0. The molecule has 0 heterocycles. The summed E-state index contributed by atoms with van der Waals surface area (Å²) in [4.78, 5) is 21.0. The zero-order valence-corrected chi connectivity index (χ0v) is 11.1. The number of hydrogen-bond acceptors (Lipinski definition) is 4. The van der Waals surface area contributed by atoms with Crippen molar-refractivity contribution in [2.45, 2.75) is 0 Å². The van der Waals surface area contributed by atoms with E-state index >= 15 is 0 Å². The maximum Gasteiger partial charge on any atom is 0.338 e. The van der Waals surface area contributed by atoms with E-state index in [0.29, 0.717) is 16.8 Å². The van der Waals surface area contributed by atoms with Crippen molar-refractivity contribution in [3.05, 3.63) is 62.9 Å². The first-order chi connectivity index (χ1) is 9.88. The molecule has 2 N–H and O–H groups in total. The topological polar surface area (TPSA) is 92.5 Å². The molecule has 0 saturated carbocycles. The van der Waals surface area contributed by atoms with Crippen molar-refractivity contribution in [2.24, 2.45) is 0 Å². The molecular formula is C13H8ClFN2O4. The highest BCUT2D eigenvalue weighted by molar-refractivity contribution is 6.30. The van der Waals surface area contributed by atoms with Crippen molar-refractivity contribution in [2.75, 3.05) is 5.32 Å². The van der Waals surface area contributed by atoms with Gasteiger partial charge in [-0.25, -0.2) is 9.18 Å². The van der Waals surface area contributed by atoms with Gasteiger partial charge in [-0.1, -0.05) is 11.6 Å². The molecule has 108 valence electrons. The minimum atomic E-state index is -1.58. The number of halogens is 2. The van der Waals surface area contributed by atoms with Gasteiger partial charge in [0.05, 0.1) is 4.92 Å². The highest BCUT2D eigenvalue weighted by Crippen LogP contribution is 2.30. The molecule has 0 radical (unpaired) electrons. The summed E-state index contributed by atoms with van der Waals surface area (Å²) >= 11 is 5.72. The fraction of sp³-hybridized carbons (Fsp3) is 0. The van der Waals surface area contributed by atoms with Gasteiger partial charge in [-0.15, -0.1) is 0 Å². The summed E-state index contributed by atoms with van der Waals surface area (Å²) in [6, 6.07) is 7.66. The number of nitro groups is 1. The van der Waals surface area contributed by atoms with Gasteiger partial charge in [0.2, 0.25) is 0 Å². The van der Waals surface area contributed by atoms with Gasteiger partial charge in [-0.05, 0) is 24.3 Å². The normalized spacial score (nSPS) is 10.2. The molecule has 0 aromatic heterocycles. The fourth-order valence-electron chi connectivity index (χ4n) is 1.67. The van der Waals surface area contributed by atoms with Crippen molar-refractivity contribution in [1.82, 2.24) is 0 Å². The molecule has 0 aliphatic rings. The SMILES string of the molecule is O=C(O)c1cc([N+](=O)[O-])c(Nc2ccc(Cl)cc2)cc1F. The van der Waals surface area contributed by atoms with E-state index in [-0.39, 0.29) is 5.69 Å². The number of nitrogens with one attached hydrogen (secondary N) is 1. The first kappa shape index (κ1) is 14.7. The number of benzene rings is 2. The third-order valence-corrected chi connectivity index (χ3v) is 2.89. The lowest BCUT2D eigenvalue weighted by Gasteiger charge is -2.08. The van der Waals surface area contributed by atoms with Crippen LogP contribution in [0.3, 0.4) is 0 Å². The molecule has 0 aliphatic carbocycles. The van der Waals surface area contributed by atoms with E-state index in [2.05, 4.69) is 5.32 Å². The van der Waals surface area contributed by atoms with Crippen molar-refractivity contribution in [3.8, 4) is 0 Å². The van der Waals surface area contributed by atoms with Crippen LogP contribution in [0.25, 0.3) is 0 Å². The van der Waals surface area contributed by atoms with Crippen LogP contribution in [0.15, 0.2) is 36.4 Å². The smallest absolute Gasteiger partial charge is 0.338 e. The Balaban J connectivity index is 2.47. The number of nitro benzene ring substituents is 1. The Morgan fingerprint density at radius 1 is 1.29 bits per heavy atom. The summed E-state index contributed by atoms with van der Waals surface area (Å²) in [5.74, 6) is -2.64. The summed E-state index contributed by atoms with van der Waals surface area (Å²) < 4.78 is 13.6. The van der Waals surface area contributed by atoms with Gasteiger partial charge < -0.3 is 10.4 Å². The van der Waals surface area contributed by atoms with E-state index in [0.717, 1.165) is 6.07 Å². The first-order valence-corrected chi connectivity index (χ1v) is 6.00. The molecule has 21 heavy (non-hydrogen) atoms. The molecule has 2 aromatic carbocycles. The molecule has 0 spiro atoms. The number of carboxylic acids is 1. The zero-order valence-electron chi connectivity index (χ0n) is 10.3. The van der Waals surface area contributed by atoms with E-state index in [1.165, 1.54) is 0 Å². The molecule has 0 aliphatic heterocycles. The molecule has 0 atom stereocenters. The standard InChI is InChI=1S/C13H8ClFN2O4/c14-7-1-3-8(4-2-7)16-11-6-10(15)9(13(18)19)5-12(11)17(20)21/h1-6,16H,(H,18,19). The van der Waals surface area contributed by atoms with E-state index < -0.39 is 28.0 Å². The Kier molecular flexibility index (Phi) is 4.04. The predicted octanol–water partition coefficient (Wildman–Crippen LogP) is 3.83. The quantitative estimate of drug-likeness (QED) is 0.661. The number of rotatable bonds is 4. The largest absolute Gasteiger partial charge is 0.478 e. The van der Waals surface area contributed by atoms with Gasteiger partial charge in [-0.2, -0.15) is 0 Å². The molecule has 0 saturated heterocycles. The Morgan fingerprint density at radius 3 is 2.43 bits per heavy atom. The molecule has 0 bridgehead atoms. The third-order valence-electron chi connectivity index (χ3n) is 2.64. The molecule has 8 heteroatoms. The lowest BCUT2D eigenvalue weighted by Crippen LogP contribution is -2.05. The van der Waals surface area contributed by atoms with Gasteiger partial charge in [0.25, 0.3) is 5.69 Å². The Bertz CT molecular complexity index is 719. The van der Waals surface area contributed by atoms with Gasteiger partial charge in [0.1, 0.15) is 17.1 Å². The molecule has 2 rings (SSSR count). The number of nitrogens with zero attached hydrogens (tertiary/aromatic N) is 1. The number of carboxylic acid groups (broad SMARTS) is 1. The van der Waals surface area contributed by atoms with Crippen LogP contribution >= 0.6 is 11.6 Å². The highest BCUT2D eigenvalue weighted by Gasteiger charge is 2.22. The molecular weight excluding hydrogens is 303 g/mol. The second kappa shape index (κ2) is 5.76. The summed E-state index contributed by atoms with van der Waals surface area (Å²) in [5.41, 5.74) is -0.998. The molecule has 0 unspecified atom stereocenters. The summed E-state index contributed by atoms with van der Waals surface area (Å²) in [6.07, 6.45) is 0. The molecule has 0 fully saturated rings. The van der Waals surface area contributed by atoms with Crippen molar-refractivity contribution >= 4 is 34.6 Å². The average molecular weight is 311 g/mol. The lowest BCUT2D eigenvalue weighted by molar-refractivity contribution is -0.384. The Morgan fingerprint density at radius 2 is 1.90 bits per heavy atom. The van der Waals surface area contributed by atoms with Gasteiger partial charge in [0, 0.05) is 22.8 Å².